The summed E-state index contributed by atoms with van der Waals surface area (Å²) in [5, 5.41) is 7.46. The van der Waals surface area contributed by atoms with Crippen LogP contribution in [0.15, 0.2) is 29.4 Å². The van der Waals surface area contributed by atoms with Crippen LogP contribution in [0, 0.1) is 0 Å². The standard InChI is InChI=1S/C13H16ClN3O3S/c1-3-8-17-12(15-16-13(17)21(14,18)19)9-10-6-4-5-7-11(10)20-2/h4-7H,3,8-9H2,1-2H3. The quantitative estimate of drug-likeness (QED) is 0.760. The highest BCUT2D eigenvalue weighted by molar-refractivity contribution is 8.13. The number of rotatable bonds is 6. The monoisotopic (exact) mass is 329 g/mol. The van der Waals surface area contributed by atoms with Crippen molar-refractivity contribution in [1.29, 1.82) is 0 Å². The van der Waals surface area contributed by atoms with E-state index in [-0.39, 0.29) is 5.16 Å². The minimum atomic E-state index is -3.91. The predicted octanol–water partition coefficient (Wildman–Crippen LogP) is 2.21. The maximum atomic E-state index is 11.5. The fraction of sp³-hybridized carbons (Fsp3) is 0.385. The first kappa shape index (κ1) is 15.8. The average Bonchev–Trinajstić information content (AvgIpc) is 2.83. The van der Waals surface area contributed by atoms with Gasteiger partial charge in [-0.3, -0.25) is 0 Å². The Morgan fingerprint density at radius 2 is 2.00 bits per heavy atom. The molecule has 6 nitrogen and oxygen atoms in total. The Morgan fingerprint density at radius 3 is 2.62 bits per heavy atom. The number of halogens is 1. The molecule has 0 atom stereocenters. The topological polar surface area (TPSA) is 74.1 Å². The zero-order chi connectivity index (χ0) is 15.5. The molecule has 21 heavy (non-hydrogen) atoms. The van der Waals surface area contributed by atoms with Crippen molar-refractivity contribution in [2.75, 3.05) is 7.11 Å². The van der Waals surface area contributed by atoms with E-state index in [0.717, 1.165) is 17.7 Å². The Bertz CT molecular complexity index is 728. The number of nitrogens with zero attached hydrogens (tertiary/aromatic N) is 3. The molecule has 0 unspecified atom stereocenters. The van der Waals surface area contributed by atoms with Crippen molar-refractivity contribution in [2.45, 2.75) is 31.5 Å². The van der Waals surface area contributed by atoms with Gasteiger partial charge in [0.05, 0.1) is 7.11 Å². The molecule has 0 aliphatic heterocycles. The summed E-state index contributed by atoms with van der Waals surface area (Å²) in [6, 6.07) is 7.50. The van der Waals surface area contributed by atoms with Crippen molar-refractivity contribution in [1.82, 2.24) is 14.8 Å². The van der Waals surface area contributed by atoms with Crippen molar-refractivity contribution in [2.24, 2.45) is 0 Å². The molecular weight excluding hydrogens is 314 g/mol. The number of hydrogen-bond acceptors (Lipinski definition) is 5. The Balaban J connectivity index is 2.43. The molecule has 0 bridgehead atoms. The molecule has 114 valence electrons. The number of hydrogen-bond donors (Lipinski definition) is 0. The van der Waals surface area contributed by atoms with Crippen molar-refractivity contribution in [3.63, 3.8) is 0 Å². The SMILES string of the molecule is CCCn1c(Cc2ccccc2OC)nnc1S(=O)(=O)Cl. The average molecular weight is 330 g/mol. The van der Waals surface area contributed by atoms with Crippen molar-refractivity contribution in [3.05, 3.63) is 35.7 Å². The summed E-state index contributed by atoms with van der Waals surface area (Å²) < 4.78 is 29.9. The molecule has 0 radical (unpaired) electrons. The van der Waals surface area contributed by atoms with Crippen LogP contribution in [0.5, 0.6) is 5.75 Å². The lowest BCUT2D eigenvalue weighted by Gasteiger charge is -2.10. The van der Waals surface area contributed by atoms with Gasteiger partial charge >= 0.3 is 0 Å². The maximum absolute atomic E-state index is 11.5. The molecule has 8 heteroatoms. The van der Waals surface area contributed by atoms with Crippen LogP contribution in [0.25, 0.3) is 0 Å². The van der Waals surface area contributed by atoms with E-state index < -0.39 is 9.05 Å². The highest BCUT2D eigenvalue weighted by atomic mass is 35.7. The number of methoxy groups -OCH3 is 1. The third-order valence-electron chi connectivity index (χ3n) is 3.00. The van der Waals surface area contributed by atoms with Gasteiger partial charge in [0.25, 0.3) is 14.2 Å². The highest BCUT2D eigenvalue weighted by Crippen LogP contribution is 2.22. The van der Waals surface area contributed by atoms with E-state index in [0.29, 0.717) is 18.8 Å². The first-order valence-corrected chi connectivity index (χ1v) is 8.77. The van der Waals surface area contributed by atoms with Gasteiger partial charge in [0.2, 0.25) is 0 Å². The Kier molecular flexibility index (Phi) is 4.84. The Hall–Kier alpha value is -1.60. The normalized spacial score (nSPS) is 11.6. The summed E-state index contributed by atoms with van der Waals surface area (Å²) in [6.45, 7) is 2.43. The Labute approximate surface area is 128 Å². The zero-order valence-electron chi connectivity index (χ0n) is 11.8. The summed E-state index contributed by atoms with van der Waals surface area (Å²) in [4.78, 5) is 0. The maximum Gasteiger partial charge on any atom is 0.296 e. The van der Waals surface area contributed by atoms with Crippen LogP contribution in [0.3, 0.4) is 0 Å². The minimum absolute atomic E-state index is 0.212. The van der Waals surface area contributed by atoms with Crippen LogP contribution in [-0.4, -0.2) is 30.3 Å². The zero-order valence-corrected chi connectivity index (χ0v) is 13.4. The van der Waals surface area contributed by atoms with Gasteiger partial charge in [-0.1, -0.05) is 25.1 Å². The largest absolute Gasteiger partial charge is 0.496 e. The molecule has 0 N–H and O–H groups in total. The number of ether oxygens (including phenoxy) is 1. The molecule has 2 aromatic rings. The molecule has 0 saturated carbocycles. The van der Waals surface area contributed by atoms with Crippen LogP contribution in [-0.2, 0) is 22.0 Å². The van der Waals surface area contributed by atoms with Gasteiger partial charge in [0.15, 0.2) is 0 Å². The van der Waals surface area contributed by atoms with Gasteiger partial charge in [0, 0.05) is 29.2 Å². The number of aromatic nitrogens is 3. The van der Waals surface area contributed by atoms with Gasteiger partial charge in [-0.2, -0.15) is 0 Å². The predicted molar refractivity (Wildman–Crippen MR) is 79.2 cm³/mol. The lowest BCUT2D eigenvalue weighted by atomic mass is 10.1. The smallest absolute Gasteiger partial charge is 0.296 e. The van der Waals surface area contributed by atoms with Crippen molar-refractivity contribution in [3.8, 4) is 5.75 Å². The highest BCUT2D eigenvalue weighted by Gasteiger charge is 2.22. The van der Waals surface area contributed by atoms with E-state index in [2.05, 4.69) is 10.2 Å². The van der Waals surface area contributed by atoms with Crippen molar-refractivity contribution >= 4 is 19.7 Å². The summed E-state index contributed by atoms with van der Waals surface area (Å²) in [5.74, 6) is 1.26. The van der Waals surface area contributed by atoms with Crippen molar-refractivity contribution < 1.29 is 13.2 Å². The van der Waals surface area contributed by atoms with Crippen LogP contribution >= 0.6 is 10.7 Å². The van der Waals surface area contributed by atoms with Crippen LogP contribution < -0.4 is 4.74 Å². The second-order valence-corrected chi connectivity index (χ2v) is 6.94. The summed E-state index contributed by atoms with van der Waals surface area (Å²) in [6.07, 6.45) is 1.17. The molecule has 0 amide bonds. The molecule has 0 aliphatic carbocycles. The number of para-hydroxylation sites is 1. The van der Waals surface area contributed by atoms with Gasteiger partial charge in [-0.25, -0.2) is 8.42 Å². The first-order valence-electron chi connectivity index (χ1n) is 6.46. The third-order valence-corrected chi connectivity index (χ3v) is 4.15. The fourth-order valence-electron chi connectivity index (χ4n) is 2.10. The van der Waals surface area contributed by atoms with E-state index in [1.54, 1.807) is 7.11 Å². The summed E-state index contributed by atoms with van der Waals surface area (Å²) >= 11 is 0. The molecule has 1 aromatic heterocycles. The van der Waals surface area contributed by atoms with Crippen LogP contribution in [0.4, 0.5) is 0 Å². The van der Waals surface area contributed by atoms with E-state index in [1.807, 2.05) is 31.2 Å². The molecule has 2 rings (SSSR count). The second-order valence-electron chi connectivity index (χ2n) is 4.48. The lowest BCUT2D eigenvalue weighted by molar-refractivity contribution is 0.410. The molecule has 0 fully saturated rings. The van der Waals surface area contributed by atoms with E-state index in [1.165, 1.54) is 4.57 Å². The third kappa shape index (κ3) is 3.54. The summed E-state index contributed by atoms with van der Waals surface area (Å²) in [7, 11) is 3.07. The second kappa shape index (κ2) is 6.44. The van der Waals surface area contributed by atoms with Gasteiger partial charge in [-0.05, 0) is 12.5 Å². The molecule has 0 spiro atoms. The molecule has 0 saturated heterocycles. The number of benzene rings is 1. The molecule has 1 aromatic carbocycles. The fourth-order valence-corrected chi connectivity index (χ4v) is 3.04. The van der Waals surface area contributed by atoms with Gasteiger partial charge in [0.1, 0.15) is 11.6 Å². The van der Waals surface area contributed by atoms with Gasteiger partial charge < -0.3 is 9.30 Å². The first-order chi connectivity index (χ1) is 9.97. The van der Waals surface area contributed by atoms with E-state index in [9.17, 15) is 8.42 Å². The van der Waals surface area contributed by atoms with Crippen LogP contribution in [0.2, 0.25) is 0 Å². The Morgan fingerprint density at radius 1 is 1.29 bits per heavy atom. The minimum Gasteiger partial charge on any atom is -0.496 e. The molecular formula is C13H16ClN3O3S. The van der Waals surface area contributed by atoms with E-state index >= 15 is 0 Å². The lowest BCUT2D eigenvalue weighted by Crippen LogP contribution is -2.10. The van der Waals surface area contributed by atoms with E-state index in [4.69, 9.17) is 15.4 Å². The summed E-state index contributed by atoms with van der Waals surface area (Å²) in [5.41, 5.74) is 0.906. The molecule has 0 aliphatic rings. The molecule has 1 heterocycles. The van der Waals surface area contributed by atoms with Crippen LogP contribution in [0.1, 0.15) is 24.7 Å². The van der Waals surface area contributed by atoms with Gasteiger partial charge in [-0.15, -0.1) is 10.2 Å².